The van der Waals surface area contributed by atoms with Gasteiger partial charge >= 0.3 is 5.97 Å². The van der Waals surface area contributed by atoms with Gasteiger partial charge in [0.2, 0.25) is 5.91 Å². The quantitative estimate of drug-likeness (QED) is 0.713. The molecule has 1 amide bonds. The van der Waals surface area contributed by atoms with E-state index in [1.165, 1.54) is 13.2 Å². The second kappa shape index (κ2) is 7.48. The maximum atomic E-state index is 14.8. The highest BCUT2D eigenvalue weighted by Gasteiger charge is 2.41. The van der Waals surface area contributed by atoms with Gasteiger partial charge in [-0.3, -0.25) is 4.79 Å². The van der Waals surface area contributed by atoms with Gasteiger partial charge in [0.05, 0.1) is 37.0 Å². The molecule has 1 heterocycles. The number of hydrogen-bond donors (Lipinski definition) is 2. The predicted octanol–water partition coefficient (Wildman–Crippen LogP) is 4.21. The van der Waals surface area contributed by atoms with Gasteiger partial charge in [-0.2, -0.15) is 0 Å². The molecule has 2 fully saturated rings. The molecule has 1 saturated carbocycles. The van der Waals surface area contributed by atoms with Gasteiger partial charge < -0.3 is 20.1 Å². The van der Waals surface area contributed by atoms with Crippen LogP contribution < -0.4 is 10.6 Å². The molecule has 1 saturated heterocycles. The summed E-state index contributed by atoms with van der Waals surface area (Å²) in [6, 6.07) is 10.00. The summed E-state index contributed by atoms with van der Waals surface area (Å²) < 4.78 is 24.7. The maximum Gasteiger partial charge on any atom is 0.337 e. The largest absolute Gasteiger partial charge is 0.465 e. The Morgan fingerprint density at radius 3 is 2.52 bits per heavy atom. The molecule has 2 N–H and O–H groups in total. The fraction of sp³-hybridized carbons (Fsp3) is 0.364. The zero-order valence-corrected chi connectivity index (χ0v) is 16.4. The molecule has 0 radical (unpaired) electrons. The minimum atomic E-state index is -0.560. The van der Waals surface area contributed by atoms with Crippen LogP contribution in [-0.4, -0.2) is 32.2 Å². The SMILES string of the molecule is COC(=O)c1cc(F)c(Nc2cccc(NC(=O)C3(C)COC3)c2)c(C2CC2)c1. The van der Waals surface area contributed by atoms with E-state index >= 15 is 0 Å². The van der Waals surface area contributed by atoms with E-state index in [9.17, 15) is 14.0 Å². The molecule has 0 spiro atoms. The number of hydrogen-bond acceptors (Lipinski definition) is 5. The average molecular weight is 398 g/mol. The summed E-state index contributed by atoms with van der Waals surface area (Å²) in [6.07, 6.45) is 1.91. The zero-order valence-electron chi connectivity index (χ0n) is 16.4. The summed E-state index contributed by atoms with van der Waals surface area (Å²) in [4.78, 5) is 24.2. The first kappa shape index (κ1) is 19.4. The smallest absolute Gasteiger partial charge is 0.337 e. The Kier molecular flexibility index (Phi) is 5.00. The van der Waals surface area contributed by atoms with Crippen LogP contribution in [-0.2, 0) is 14.3 Å². The van der Waals surface area contributed by atoms with Crippen LogP contribution in [0.3, 0.4) is 0 Å². The predicted molar refractivity (Wildman–Crippen MR) is 107 cm³/mol. The first-order valence-corrected chi connectivity index (χ1v) is 9.58. The van der Waals surface area contributed by atoms with E-state index in [1.54, 1.807) is 30.3 Å². The molecule has 29 heavy (non-hydrogen) atoms. The van der Waals surface area contributed by atoms with Crippen LogP contribution in [0.5, 0.6) is 0 Å². The first-order chi connectivity index (χ1) is 13.9. The third kappa shape index (κ3) is 3.96. The van der Waals surface area contributed by atoms with Crippen LogP contribution in [0.25, 0.3) is 0 Å². The summed E-state index contributed by atoms with van der Waals surface area (Å²) in [5.41, 5.74) is 2.06. The monoisotopic (exact) mass is 398 g/mol. The number of ether oxygens (including phenoxy) is 2. The van der Waals surface area contributed by atoms with Crippen LogP contribution in [0.15, 0.2) is 36.4 Å². The Hall–Kier alpha value is -2.93. The van der Waals surface area contributed by atoms with Crippen molar-refractivity contribution in [3.8, 4) is 0 Å². The topological polar surface area (TPSA) is 76.7 Å². The molecule has 1 aliphatic carbocycles. The van der Waals surface area contributed by atoms with E-state index in [-0.39, 0.29) is 17.4 Å². The van der Waals surface area contributed by atoms with Crippen molar-refractivity contribution >= 4 is 28.9 Å². The van der Waals surface area contributed by atoms with E-state index in [4.69, 9.17) is 9.47 Å². The average Bonchev–Trinajstić information content (AvgIpc) is 3.52. The van der Waals surface area contributed by atoms with Gasteiger partial charge in [0.1, 0.15) is 5.82 Å². The minimum absolute atomic E-state index is 0.104. The fourth-order valence-electron chi connectivity index (χ4n) is 3.35. The number of methoxy groups -OCH3 is 1. The molecule has 6 nitrogen and oxygen atoms in total. The summed E-state index contributed by atoms with van der Waals surface area (Å²) in [6.45, 7) is 2.66. The van der Waals surface area contributed by atoms with Crippen LogP contribution in [0, 0.1) is 11.2 Å². The van der Waals surface area contributed by atoms with E-state index in [2.05, 4.69) is 10.6 Å². The second-order valence-electron chi connectivity index (χ2n) is 7.90. The Bertz CT molecular complexity index is 967. The van der Waals surface area contributed by atoms with Gasteiger partial charge in [-0.25, -0.2) is 9.18 Å². The van der Waals surface area contributed by atoms with Gasteiger partial charge in [0.15, 0.2) is 0 Å². The lowest BCUT2D eigenvalue weighted by Gasteiger charge is -2.36. The standard InChI is InChI=1S/C22H23FN2O4/c1-22(11-29-12-22)21(27)25-16-5-3-4-15(10-16)24-19-17(13-6-7-13)8-14(9-18(19)23)20(26)28-2/h3-5,8-10,13,24H,6-7,11-12H2,1-2H3,(H,25,27). The molecule has 0 bridgehead atoms. The third-order valence-electron chi connectivity index (χ3n) is 5.34. The van der Waals surface area contributed by atoms with Gasteiger partial charge in [-0.1, -0.05) is 6.07 Å². The van der Waals surface area contributed by atoms with Crippen molar-refractivity contribution in [3.05, 3.63) is 53.3 Å². The highest BCUT2D eigenvalue weighted by Crippen LogP contribution is 2.45. The summed E-state index contributed by atoms with van der Waals surface area (Å²) in [5, 5.41) is 6.02. The van der Waals surface area contributed by atoms with Crippen LogP contribution in [0.2, 0.25) is 0 Å². The number of rotatable bonds is 6. The van der Waals surface area contributed by atoms with Crippen LogP contribution in [0.4, 0.5) is 21.5 Å². The number of halogens is 1. The number of benzene rings is 2. The van der Waals surface area contributed by atoms with Crippen molar-refractivity contribution in [1.29, 1.82) is 0 Å². The van der Waals surface area contributed by atoms with E-state index in [0.717, 1.165) is 18.4 Å². The summed E-state index contributed by atoms with van der Waals surface area (Å²) in [7, 11) is 1.28. The zero-order chi connectivity index (χ0) is 20.6. The lowest BCUT2D eigenvalue weighted by atomic mass is 9.87. The highest BCUT2D eigenvalue weighted by molar-refractivity contribution is 5.96. The highest BCUT2D eigenvalue weighted by atomic mass is 19.1. The fourth-order valence-corrected chi connectivity index (χ4v) is 3.35. The lowest BCUT2D eigenvalue weighted by Crippen LogP contribution is -2.49. The van der Waals surface area contributed by atoms with Crippen LogP contribution in [0.1, 0.15) is 41.6 Å². The molecule has 4 rings (SSSR count). The molecule has 0 aromatic heterocycles. The first-order valence-electron chi connectivity index (χ1n) is 9.58. The summed E-state index contributed by atoms with van der Waals surface area (Å²) >= 11 is 0. The Labute approximate surface area is 168 Å². The van der Waals surface area contributed by atoms with E-state index in [0.29, 0.717) is 30.3 Å². The second-order valence-corrected chi connectivity index (χ2v) is 7.90. The van der Waals surface area contributed by atoms with Crippen molar-refractivity contribution in [1.82, 2.24) is 0 Å². The van der Waals surface area contributed by atoms with Crippen molar-refractivity contribution in [2.45, 2.75) is 25.7 Å². The van der Waals surface area contributed by atoms with Gasteiger partial charge in [-0.15, -0.1) is 0 Å². The van der Waals surface area contributed by atoms with Gasteiger partial charge in [0, 0.05) is 11.4 Å². The minimum Gasteiger partial charge on any atom is -0.465 e. The number of esters is 1. The lowest BCUT2D eigenvalue weighted by molar-refractivity contribution is -0.151. The number of carbonyl (C=O) groups is 2. The normalized spacial score (nSPS) is 17.2. The molecule has 0 unspecified atom stereocenters. The molecule has 2 aliphatic rings. The van der Waals surface area contributed by atoms with Gasteiger partial charge in [-0.05, 0) is 61.6 Å². The van der Waals surface area contributed by atoms with Crippen molar-refractivity contribution in [2.24, 2.45) is 5.41 Å². The molecular formula is C22H23FN2O4. The van der Waals surface area contributed by atoms with Crippen LogP contribution >= 0.6 is 0 Å². The van der Waals surface area contributed by atoms with Crippen molar-refractivity contribution in [2.75, 3.05) is 31.0 Å². The third-order valence-corrected chi connectivity index (χ3v) is 5.34. The number of amides is 1. The number of nitrogens with one attached hydrogen (secondary N) is 2. The molecule has 152 valence electrons. The van der Waals surface area contributed by atoms with Gasteiger partial charge in [0.25, 0.3) is 0 Å². The molecule has 0 atom stereocenters. The molecule has 7 heteroatoms. The van der Waals surface area contributed by atoms with Crippen molar-refractivity contribution in [3.63, 3.8) is 0 Å². The maximum absolute atomic E-state index is 14.8. The molecule has 2 aromatic rings. The molecule has 1 aliphatic heterocycles. The Morgan fingerprint density at radius 1 is 1.17 bits per heavy atom. The number of carbonyl (C=O) groups excluding carboxylic acids is 2. The Morgan fingerprint density at radius 2 is 1.90 bits per heavy atom. The molecule has 2 aromatic carbocycles. The number of anilines is 3. The van der Waals surface area contributed by atoms with E-state index < -0.39 is 17.2 Å². The Balaban J connectivity index is 1.58. The molecular weight excluding hydrogens is 375 g/mol. The summed E-state index contributed by atoms with van der Waals surface area (Å²) in [5.74, 6) is -0.954. The van der Waals surface area contributed by atoms with Crippen molar-refractivity contribution < 1.29 is 23.5 Å². The van der Waals surface area contributed by atoms with E-state index in [1.807, 2.05) is 6.92 Å².